The van der Waals surface area contributed by atoms with E-state index in [0.717, 1.165) is 30.2 Å². The maximum atomic E-state index is 8.58. The fourth-order valence-electron chi connectivity index (χ4n) is 4.84. The topological polar surface area (TPSA) is 42.4 Å². The van der Waals surface area contributed by atoms with Crippen LogP contribution in [0.25, 0.3) is 0 Å². The predicted molar refractivity (Wildman–Crippen MR) is 132 cm³/mol. The Morgan fingerprint density at radius 2 is 2.13 bits per heavy atom. The van der Waals surface area contributed by atoms with Crippen LogP contribution in [0.4, 0.5) is 0 Å². The van der Waals surface area contributed by atoms with Crippen molar-refractivity contribution in [3.05, 3.63) is 59.1 Å². The zero-order valence-corrected chi connectivity index (χ0v) is 19.9. The Morgan fingerprint density at radius 3 is 2.87 bits per heavy atom. The SMILES string of the molecule is C=C/C=C1\N(/C=C(\C)C(=N)SCCC2=C(C)C=C(C)CC2)CNC2CCC[C@H]2N1C. The molecule has 5 heteroatoms. The molecular formula is C25H38N4S. The molecule has 1 unspecified atom stereocenters. The molecule has 164 valence electrons. The van der Waals surface area contributed by atoms with Gasteiger partial charge in [0.25, 0.3) is 0 Å². The minimum atomic E-state index is 0.536. The second kappa shape index (κ2) is 10.5. The van der Waals surface area contributed by atoms with E-state index in [1.165, 1.54) is 43.3 Å². The molecule has 0 radical (unpaired) electrons. The van der Waals surface area contributed by atoms with Gasteiger partial charge in [0.2, 0.25) is 0 Å². The molecule has 3 aliphatic rings. The molecule has 0 bridgehead atoms. The van der Waals surface area contributed by atoms with Gasteiger partial charge in [0.1, 0.15) is 5.82 Å². The maximum Gasteiger partial charge on any atom is 0.109 e. The number of rotatable bonds is 6. The fourth-order valence-corrected chi connectivity index (χ4v) is 5.67. The number of hydrogen-bond donors (Lipinski definition) is 2. The van der Waals surface area contributed by atoms with Gasteiger partial charge in [0.15, 0.2) is 0 Å². The monoisotopic (exact) mass is 426 g/mol. The highest BCUT2D eigenvalue weighted by Gasteiger charge is 2.35. The lowest BCUT2D eigenvalue weighted by Crippen LogP contribution is -2.41. The Bertz CT molecular complexity index is 789. The third kappa shape index (κ3) is 5.50. The zero-order chi connectivity index (χ0) is 21.7. The van der Waals surface area contributed by atoms with E-state index in [2.05, 4.69) is 67.9 Å². The molecule has 2 aliphatic carbocycles. The molecule has 2 atom stereocenters. The average molecular weight is 427 g/mol. The molecule has 2 N–H and O–H groups in total. The van der Waals surface area contributed by atoms with Crippen LogP contribution in [0.15, 0.2) is 59.1 Å². The second-order valence-corrected chi connectivity index (χ2v) is 9.93. The summed E-state index contributed by atoms with van der Waals surface area (Å²) in [5.74, 6) is 2.13. The summed E-state index contributed by atoms with van der Waals surface area (Å²) in [5.41, 5.74) is 5.49. The Morgan fingerprint density at radius 1 is 1.33 bits per heavy atom. The van der Waals surface area contributed by atoms with Crippen molar-refractivity contribution in [1.29, 1.82) is 5.41 Å². The highest BCUT2D eigenvalue weighted by molar-refractivity contribution is 8.14. The van der Waals surface area contributed by atoms with Gasteiger partial charge in [-0.1, -0.05) is 35.5 Å². The standard InChI is InChI=1S/C25H38N4S/c1-6-8-24-28(5)23-10-7-9-22(23)27-17-29(24)16-20(4)25(26)30-14-13-21-12-11-18(2)15-19(21)3/h6,8,15-16,22-23,26-27H,1,7,9-14,17H2,2-5H3/b20-16+,24-8-,26-25?/t22?,23-/m1/s1. The van der Waals surface area contributed by atoms with E-state index in [0.29, 0.717) is 17.1 Å². The Balaban J connectivity index is 1.62. The predicted octanol–water partition coefficient (Wildman–Crippen LogP) is 5.79. The van der Waals surface area contributed by atoms with Gasteiger partial charge in [0.05, 0.1) is 11.7 Å². The van der Waals surface area contributed by atoms with Crippen molar-refractivity contribution in [3.8, 4) is 0 Å². The van der Waals surface area contributed by atoms with Gasteiger partial charge < -0.3 is 9.80 Å². The Labute approximate surface area is 187 Å². The highest BCUT2D eigenvalue weighted by atomic mass is 32.2. The van der Waals surface area contributed by atoms with E-state index >= 15 is 0 Å². The lowest BCUT2D eigenvalue weighted by atomic mass is 9.92. The summed E-state index contributed by atoms with van der Waals surface area (Å²) in [7, 11) is 2.19. The van der Waals surface area contributed by atoms with Gasteiger partial charge in [-0.05, 0) is 70.9 Å². The van der Waals surface area contributed by atoms with Gasteiger partial charge in [-0.25, -0.2) is 0 Å². The number of thioether (sulfide) groups is 1. The normalized spacial score (nSPS) is 26.6. The van der Waals surface area contributed by atoms with Crippen molar-refractivity contribution in [2.75, 3.05) is 19.5 Å². The number of likely N-dealkylation sites (N-methyl/N-ethyl adjacent to an activating group) is 1. The van der Waals surface area contributed by atoms with Crippen molar-refractivity contribution < 1.29 is 0 Å². The van der Waals surface area contributed by atoms with Crippen LogP contribution in [0.1, 0.15) is 59.3 Å². The van der Waals surface area contributed by atoms with E-state index in [1.807, 2.05) is 6.08 Å². The number of nitrogens with zero attached hydrogens (tertiary/aromatic N) is 2. The first-order valence-corrected chi connectivity index (χ1v) is 12.2. The summed E-state index contributed by atoms with van der Waals surface area (Å²) in [6, 6.07) is 1.08. The van der Waals surface area contributed by atoms with Crippen LogP contribution in [0.5, 0.6) is 0 Å². The van der Waals surface area contributed by atoms with E-state index in [1.54, 1.807) is 17.3 Å². The summed E-state index contributed by atoms with van der Waals surface area (Å²) < 4.78 is 0. The van der Waals surface area contributed by atoms with Gasteiger partial charge in [-0.3, -0.25) is 10.7 Å². The first-order chi connectivity index (χ1) is 14.4. The van der Waals surface area contributed by atoms with Crippen LogP contribution in [0, 0.1) is 5.41 Å². The van der Waals surface area contributed by atoms with Gasteiger partial charge in [0, 0.05) is 31.1 Å². The number of allylic oxidation sites excluding steroid dienone is 6. The first kappa shape index (κ1) is 23.0. The van der Waals surface area contributed by atoms with E-state index < -0.39 is 0 Å². The smallest absolute Gasteiger partial charge is 0.109 e. The van der Waals surface area contributed by atoms with Crippen molar-refractivity contribution in [3.63, 3.8) is 0 Å². The largest absolute Gasteiger partial charge is 0.356 e. The van der Waals surface area contributed by atoms with Crippen LogP contribution in [0.3, 0.4) is 0 Å². The molecule has 0 aromatic carbocycles. The molecule has 0 aromatic heterocycles. The molecule has 0 spiro atoms. The van der Waals surface area contributed by atoms with Gasteiger partial charge in [-0.15, -0.1) is 11.8 Å². The number of fused-ring (bicyclic) bond motifs is 1. The van der Waals surface area contributed by atoms with Crippen molar-refractivity contribution >= 4 is 16.8 Å². The first-order valence-electron chi connectivity index (χ1n) is 11.2. The molecule has 0 aromatic rings. The molecule has 0 amide bonds. The lowest BCUT2D eigenvalue weighted by Gasteiger charge is -2.32. The number of hydrogen-bond acceptors (Lipinski definition) is 5. The minimum absolute atomic E-state index is 0.536. The third-order valence-corrected chi connectivity index (χ3v) is 7.64. The second-order valence-electron chi connectivity index (χ2n) is 8.83. The third-order valence-electron chi connectivity index (χ3n) is 6.62. The molecule has 1 aliphatic heterocycles. The molecule has 30 heavy (non-hydrogen) atoms. The van der Waals surface area contributed by atoms with E-state index in [4.69, 9.17) is 5.41 Å². The van der Waals surface area contributed by atoms with Gasteiger partial charge in [-0.2, -0.15) is 0 Å². The van der Waals surface area contributed by atoms with Crippen molar-refractivity contribution in [2.24, 2.45) is 0 Å². The summed E-state index contributed by atoms with van der Waals surface area (Å²) in [6.07, 6.45) is 15.6. The Kier molecular flexibility index (Phi) is 8.06. The van der Waals surface area contributed by atoms with E-state index in [9.17, 15) is 0 Å². The van der Waals surface area contributed by atoms with Crippen molar-refractivity contribution in [1.82, 2.24) is 15.1 Å². The van der Waals surface area contributed by atoms with E-state index in [-0.39, 0.29) is 0 Å². The highest BCUT2D eigenvalue weighted by Crippen LogP contribution is 2.30. The zero-order valence-electron chi connectivity index (χ0n) is 19.1. The number of nitrogens with one attached hydrogen (secondary N) is 2. The molecule has 1 saturated carbocycles. The minimum Gasteiger partial charge on any atom is -0.356 e. The fraction of sp³-hybridized carbons (Fsp3) is 0.560. The molecule has 1 saturated heterocycles. The maximum absolute atomic E-state index is 8.58. The van der Waals surface area contributed by atoms with Crippen LogP contribution >= 0.6 is 11.8 Å². The summed E-state index contributed by atoms with van der Waals surface area (Å²) in [6.45, 7) is 11.2. The van der Waals surface area contributed by atoms with Crippen LogP contribution in [-0.4, -0.2) is 46.4 Å². The van der Waals surface area contributed by atoms with Gasteiger partial charge >= 0.3 is 0 Å². The summed E-state index contributed by atoms with van der Waals surface area (Å²) >= 11 is 1.67. The molecule has 3 rings (SSSR count). The quantitative estimate of drug-likeness (QED) is 0.417. The Hall–Kier alpha value is -1.72. The average Bonchev–Trinajstić information content (AvgIpc) is 3.14. The van der Waals surface area contributed by atoms with Crippen LogP contribution in [0.2, 0.25) is 0 Å². The molecule has 2 fully saturated rings. The lowest BCUT2D eigenvalue weighted by molar-refractivity contribution is 0.252. The molecule has 4 nitrogen and oxygen atoms in total. The summed E-state index contributed by atoms with van der Waals surface area (Å²) in [4.78, 5) is 4.64. The molecule has 1 heterocycles. The molecular weight excluding hydrogens is 388 g/mol. The van der Waals surface area contributed by atoms with Crippen LogP contribution in [-0.2, 0) is 0 Å². The van der Waals surface area contributed by atoms with Crippen LogP contribution < -0.4 is 5.32 Å². The summed E-state index contributed by atoms with van der Waals surface area (Å²) in [5, 5.41) is 13.0. The van der Waals surface area contributed by atoms with Crippen molar-refractivity contribution in [2.45, 2.75) is 71.4 Å².